The fraction of sp³-hybridized carbons (Fsp3) is 0.125. The summed E-state index contributed by atoms with van der Waals surface area (Å²) < 4.78 is 10.0. The Balaban J connectivity index is 2.37. The van der Waals surface area contributed by atoms with Gasteiger partial charge in [0.1, 0.15) is 11.3 Å². The average Bonchev–Trinajstić information content (AvgIpc) is 2.61. The van der Waals surface area contributed by atoms with Crippen molar-refractivity contribution in [1.29, 1.82) is 0 Å². The van der Waals surface area contributed by atoms with Crippen LogP contribution in [0.3, 0.4) is 0 Å². The molecule has 2 aromatic carbocycles. The van der Waals surface area contributed by atoms with Crippen molar-refractivity contribution in [2.75, 3.05) is 6.61 Å². The lowest BCUT2D eigenvalue weighted by molar-refractivity contribution is -0.384. The van der Waals surface area contributed by atoms with Crippen molar-refractivity contribution < 1.29 is 34.0 Å². The summed E-state index contributed by atoms with van der Waals surface area (Å²) in [5, 5.41) is 29.4. The summed E-state index contributed by atoms with van der Waals surface area (Å²) in [6.45, 7) is 1.75. The van der Waals surface area contributed by atoms with Gasteiger partial charge < -0.3 is 19.5 Å². The van der Waals surface area contributed by atoms with E-state index in [-0.39, 0.29) is 28.9 Å². The van der Waals surface area contributed by atoms with E-state index >= 15 is 0 Å². The number of hydrogen-bond donors (Lipinski definition) is 2. The number of para-hydroxylation sites is 1. The van der Waals surface area contributed by atoms with Gasteiger partial charge in [0.05, 0.1) is 17.1 Å². The van der Waals surface area contributed by atoms with Gasteiger partial charge in [0.25, 0.3) is 5.69 Å². The molecule has 9 nitrogen and oxygen atoms in total. The van der Waals surface area contributed by atoms with E-state index in [0.29, 0.717) is 0 Å². The Kier molecular flexibility index (Phi) is 6.05. The lowest BCUT2D eigenvalue weighted by Gasteiger charge is -2.10. The Labute approximate surface area is 148 Å². The molecule has 0 amide bonds. The first-order chi connectivity index (χ1) is 12.3. The second kappa shape index (κ2) is 8.23. The van der Waals surface area contributed by atoms with Gasteiger partial charge in [-0.2, -0.15) is 0 Å². The molecule has 0 spiro atoms. The van der Waals surface area contributed by atoms with Crippen LogP contribution >= 0.6 is 0 Å². The second-order valence-electron chi connectivity index (χ2n) is 5.05. The lowest BCUT2D eigenvalue weighted by atomic mass is 9.79. The first-order valence-electron chi connectivity index (χ1n) is 7.47. The molecule has 0 saturated carbocycles. The van der Waals surface area contributed by atoms with Gasteiger partial charge in [-0.1, -0.05) is 12.1 Å². The van der Waals surface area contributed by atoms with E-state index in [1.165, 1.54) is 18.2 Å². The van der Waals surface area contributed by atoms with Crippen LogP contribution in [0.25, 0.3) is 0 Å². The normalized spacial score (nSPS) is 10.1. The van der Waals surface area contributed by atoms with E-state index in [2.05, 4.69) is 0 Å². The molecule has 2 rings (SSSR count). The van der Waals surface area contributed by atoms with Crippen molar-refractivity contribution in [2.45, 2.75) is 6.92 Å². The third kappa shape index (κ3) is 4.44. The number of carbonyl (C=O) groups excluding carboxylic acids is 2. The predicted octanol–water partition coefficient (Wildman–Crippen LogP) is 0.670. The lowest BCUT2D eigenvalue weighted by Crippen LogP contribution is -2.31. The summed E-state index contributed by atoms with van der Waals surface area (Å²) in [6, 6.07) is 8.75. The number of hydrogen-bond acceptors (Lipinski definition) is 8. The van der Waals surface area contributed by atoms with Crippen molar-refractivity contribution in [3.63, 3.8) is 0 Å². The van der Waals surface area contributed by atoms with Crippen molar-refractivity contribution in [3.05, 3.63) is 63.7 Å². The van der Waals surface area contributed by atoms with E-state index in [1.54, 1.807) is 13.0 Å². The van der Waals surface area contributed by atoms with Crippen molar-refractivity contribution >= 4 is 30.2 Å². The molecule has 26 heavy (non-hydrogen) atoms. The van der Waals surface area contributed by atoms with Crippen molar-refractivity contribution in [2.24, 2.45) is 0 Å². The molecular weight excluding hydrogens is 345 g/mol. The zero-order valence-corrected chi connectivity index (χ0v) is 13.6. The number of benzene rings is 2. The Hall–Kier alpha value is -3.24. The van der Waals surface area contributed by atoms with Crippen LogP contribution in [0.2, 0.25) is 0 Å². The number of non-ortho nitro benzene ring substituents is 1. The molecule has 0 saturated heterocycles. The Morgan fingerprint density at radius 2 is 1.85 bits per heavy atom. The highest BCUT2D eigenvalue weighted by molar-refractivity contribution is 6.58. The number of carbonyl (C=O) groups is 2. The molecule has 0 unspecified atom stereocenters. The molecule has 0 fully saturated rings. The fourth-order valence-corrected chi connectivity index (χ4v) is 2.10. The van der Waals surface area contributed by atoms with Crippen LogP contribution in [0, 0.1) is 10.1 Å². The van der Waals surface area contributed by atoms with Gasteiger partial charge in [0.15, 0.2) is 0 Å². The van der Waals surface area contributed by atoms with Crippen LogP contribution in [0.15, 0.2) is 42.5 Å². The highest BCUT2D eigenvalue weighted by atomic mass is 16.6. The Morgan fingerprint density at radius 1 is 1.15 bits per heavy atom. The third-order valence-corrected chi connectivity index (χ3v) is 3.27. The molecule has 0 radical (unpaired) electrons. The second-order valence-corrected chi connectivity index (χ2v) is 5.05. The molecule has 0 heterocycles. The largest absolute Gasteiger partial charge is 0.488 e. The monoisotopic (exact) mass is 359 g/mol. The first kappa shape index (κ1) is 19.1. The summed E-state index contributed by atoms with van der Waals surface area (Å²) in [5.74, 6) is -1.79. The Bertz CT molecular complexity index is 852. The summed E-state index contributed by atoms with van der Waals surface area (Å²) in [5.41, 5.74) is -1.03. The van der Waals surface area contributed by atoms with Crippen molar-refractivity contribution in [3.8, 4) is 5.75 Å². The van der Waals surface area contributed by atoms with Crippen molar-refractivity contribution in [1.82, 2.24) is 0 Å². The van der Waals surface area contributed by atoms with Gasteiger partial charge in [-0.3, -0.25) is 10.1 Å². The molecular formula is C16H14BNO8. The van der Waals surface area contributed by atoms with Gasteiger partial charge in [-0.05, 0) is 30.6 Å². The van der Waals surface area contributed by atoms with Crippen LogP contribution in [-0.4, -0.2) is 40.6 Å². The molecule has 0 aliphatic carbocycles. The quantitative estimate of drug-likeness (QED) is 0.253. The molecule has 0 atom stereocenters. The standard InChI is InChI=1S/C16H14BNO8/c1-2-25-16(20)13-5-3-4-6-14(13)26-15(19)10-7-11(17(21)22)9-12(8-10)18(23)24/h3-9,21-22H,2H2,1H3. The van der Waals surface area contributed by atoms with E-state index in [1.807, 2.05) is 0 Å². The van der Waals surface area contributed by atoms with Crippen LogP contribution in [0.4, 0.5) is 5.69 Å². The molecule has 0 bridgehead atoms. The summed E-state index contributed by atoms with van der Waals surface area (Å²) in [7, 11) is -2.01. The molecule has 2 aromatic rings. The number of nitrogens with zero attached hydrogens (tertiary/aromatic N) is 1. The van der Waals surface area contributed by atoms with E-state index in [0.717, 1.165) is 18.2 Å². The first-order valence-corrected chi connectivity index (χ1v) is 7.47. The molecule has 0 aliphatic rings. The summed E-state index contributed by atoms with van der Waals surface area (Å²) in [4.78, 5) is 34.4. The SMILES string of the molecule is CCOC(=O)c1ccccc1OC(=O)c1cc(B(O)O)cc([N+](=O)[O-])c1. The number of nitro benzene ring substituents is 1. The smallest absolute Gasteiger partial charge is 0.462 e. The average molecular weight is 359 g/mol. The molecule has 134 valence electrons. The van der Waals surface area contributed by atoms with Gasteiger partial charge in [-0.15, -0.1) is 0 Å². The molecule has 0 aliphatic heterocycles. The number of rotatable bonds is 6. The van der Waals surface area contributed by atoms with Crippen LogP contribution < -0.4 is 10.2 Å². The van der Waals surface area contributed by atoms with Crippen LogP contribution in [-0.2, 0) is 4.74 Å². The highest BCUT2D eigenvalue weighted by Crippen LogP contribution is 2.21. The number of ether oxygens (including phenoxy) is 2. The third-order valence-electron chi connectivity index (χ3n) is 3.27. The Morgan fingerprint density at radius 3 is 2.46 bits per heavy atom. The topological polar surface area (TPSA) is 136 Å². The van der Waals surface area contributed by atoms with Gasteiger partial charge in [0, 0.05) is 12.1 Å². The minimum absolute atomic E-state index is 0.00977. The number of nitro groups is 1. The number of esters is 2. The minimum Gasteiger partial charge on any atom is -0.462 e. The maximum atomic E-state index is 12.3. The van der Waals surface area contributed by atoms with Gasteiger partial charge in [0.2, 0.25) is 0 Å². The zero-order chi connectivity index (χ0) is 19.3. The van der Waals surface area contributed by atoms with E-state index in [9.17, 15) is 29.8 Å². The van der Waals surface area contributed by atoms with E-state index < -0.39 is 29.7 Å². The highest BCUT2D eigenvalue weighted by Gasteiger charge is 2.22. The molecule has 2 N–H and O–H groups in total. The van der Waals surface area contributed by atoms with Crippen LogP contribution in [0.5, 0.6) is 5.75 Å². The maximum Gasteiger partial charge on any atom is 0.488 e. The predicted molar refractivity (Wildman–Crippen MR) is 90.3 cm³/mol. The minimum atomic E-state index is -2.01. The summed E-state index contributed by atoms with van der Waals surface area (Å²) >= 11 is 0. The van der Waals surface area contributed by atoms with Crippen LogP contribution in [0.1, 0.15) is 27.6 Å². The zero-order valence-electron chi connectivity index (χ0n) is 13.6. The summed E-state index contributed by atoms with van der Waals surface area (Å²) in [6.07, 6.45) is 0. The van der Waals surface area contributed by atoms with Gasteiger partial charge >= 0.3 is 19.1 Å². The maximum absolute atomic E-state index is 12.3. The molecule has 0 aromatic heterocycles. The van der Waals surface area contributed by atoms with E-state index in [4.69, 9.17) is 9.47 Å². The fourth-order valence-electron chi connectivity index (χ4n) is 2.10. The molecule has 10 heteroatoms. The van der Waals surface area contributed by atoms with Gasteiger partial charge in [-0.25, -0.2) is 9.59 Å².